The molecular formula is C14H21NO. The van der Waals surface area contributed by atoms with Gasteiger partial charge in [0.25, 0.3) is 0 Å². The van der Waals surface area contributed by atoms with Gasteiger partial charge in [-0.25, -0.2) is 0 Å². The van der Waals surface area contributed by atoms with Crippen molar-refractivity contribution in [2.45, 2.75) is 26.9 Å². The average Bonchev–Trinajstić information content (AvgIpc) is 2.59. The molecule has 1 aromatic carbocycles. The van der Waals surface area contributed by atoms with Gasteiger partial charge in [0, 0.05) is 18.8 Å². The normalized spacial score (nSPS) is 27.1. The van der Waals surface area contributed by atoms with Crippen molar-refractivity contribution in [1.29, 1.82) is 0 Å². The first kappa shape index (κ1) is 11.5. The summed E-state index contributed by atoms with van der Waals surface area (Å²) in [5, 5.41) is 9.45. The van der Waals surface area contributed by atoms with Crippen LogP contribution in [-0.4, -0.2) is 18.2 Å². The van der Waals surface area contributed by atoms with E-state index in [9.17, 15) is 5.11 Å². The van der Waals surface area contributed by atoms with Crippen LogP contribution in [0.3, 0.4) is 0 Å². The van der Waals surface area contributed by atoms with Gasteiger partial charge in [-0.3, -0.25) is 0 Å². The topological polar surface area (TPSA) is 23.5 Å². The fourth-order valence-electron chi connectivity index (χ4n) is 2.30. The highest BCUT2D eigenvalue weighted by Gasteiger charge is 2.25. The van der Waals surface area contributed by atoms with Gasteiger partial charge in [-0.05, 0) is 36.5 Å². The minimum absolute atomic E-state index is 0.370. The summed E-state index contributed by atoms with van der Waals surface area (Å²) in [5.74, 6) is 1.55. The van der Waals surface area contributed by atoms with E-state index < -0.39 is 0 Å². The Hall–Kier alpha value is -1.02. The number of aliphatic hydroxyl groups is 1. The summed E-state index contributed by atoms with van der Waals surface area (Å²) >= 11 is 0. The Morgan fingerprint density at radius 1 is 1.12 bits per heavy atom. The predicted octanol–water partition coefficient (Wildman–Crippen LogP) is 2.83. The molecule has 2 nitrogen and oxygen atoms in total. The lowest BCUT2D eigenvalue weighted by molar-refractivity contribution is 0.199. The van der Waals surface area contributed by atoms with E-state index in [2.05, 4.69) is 30.9 Å². The zero-order valence-corrected chi connectivity index (χ0v) is 10.4. The molecule has 1 aromatic rings. The van der Waals surface area contributed by atoms with Gasteiger partial charge in [-0.2, -0.15) is 0 Å². The highest BCUT2D eigenvalue weighted by molar-refractivity contribution is 5.49. The second-order valence-electron chi connectivity index (χ2n) is 5.13. The summed E-state index contributed by atoms with van der Waals surface area (Å²) in [7, 11) is 0. The largest absolute Gasteiger partial charge is 0.389 e. The molecular weight excluding hydrogens is 198 g/mol. The van der Waals surface area contributed by atoms with Gasteiger partial charge >= 0.3 is 0 Å². The molecule has 1 aliphatic rings. The Morgan fingerprint density at radius 3 is 2.06 bits per heavy atom. The van der Waals surface area contributed by atoms with Crippen LogP contribution < -0.4 is 4.90 Å². The van der Waals surface area contributed by atoms with Gasteiger partial charge in [0.1, 0.15) is 0 Å². The van der Waals surface area contributed by atoms with E-state index in [1.807, 2.05) is 12.1 Å². The molecule has 3 atom stereocenters. The van der Waals surface area contributed by atoms with E-state index in [-0.39, 0.29) is 6.10 Å². The number of hydrogen-bond donors (Lipinski definition) is 1. The molecule has 0 amide bonds. The molecule has 0 spiro atoms. The van der Waals surface area contributed by atoms with Gasteiger partial charge in [0.2, 0.25) is 0 Å². The summed E-state index contributed by atoms with van der Waals surface area (Å²) in [6, 6.07) is 8.28. The Bertz CT molecular complexity index is 334. The minimum Gasteiger partial charge on any atom is -0.389 e. The first-order chi connectivity index (χ1) is 7.58. The lowest BCUT2D eigenvalue weighted by atomic mass is 10.0. The third kappa shape index (κ3) is 2.22. The Labute approximate surface area is 97.9 Å². The van der Waals surface area contributed by atoms with Crippen LogP contribution in [0.25, 0.3) is 0 Å². The molecule has 0 aromatic heterocycles. The van der Waals surface area contributed by atoms with Crippen LogP contribution >= 0.6 is 0 Å². The molecule has 0 saturated carbocycles. The molecule has 0 bridgehead atoms. The van der Waals surface area contributed by atoms with Gasteiger partial charge in [-0.15, -0.1) is 0 Å². The highest BCUT2D eigenvalue weighted by atomic mass is 16.3. The van der Waals surface area contributed by atoms with Crippen molar-refractivity contribution >= 4 is 5.69 Å². The lowest BCUT2D eigenvalue weighted by Crippen LogP contribution is -2.19. The number of aliphatic hydroxyl groups excluding tert-OH is 1. The SMILES string of the molecule is CC1CN(c2ccc([C@H](C)O)cc2)CC1C. The monoisotopic (exact) mass is 219 g/mol. The number of nitrogens with zero attached hydrogens (tertiary/aromatic N) is 1. The van der Waals surface area contributed by atoms with E-state index in [0.29, 0.717) is 0 Å². The van der Waals surface area contributed by atoms with E-state index in [1.54, 1.807) is 6.92 Å². The molecule has 1 aliphatic heterocycles. The maximum atomic E-state index is 9.45. The second-order valence-corrected chi connectivity index (χ2v) is 5.13. The van der Waals surface area contributed by atoms with Crippen LogP contribution in [0.15, 0.2) is 24.3 Å². The molecule has 1 N–H and O–H groups in total. The molecule has 88 valence electrons. The quantitative estimate of drug-likeness (QED) is 0.826. The standard InChI is InChI=1S/C14H21NO/c1-10-8-15(9-11(10)2)14-6-4-13(5-7-14)12(3)16/h4-7,10-12,16H,8-9H2,1-3H3/t10?,11?,12-/m0/s1. The van der Waals surface area contributed by atoms with Crippen LogP contribution in [0.2, 0.25) is 0 Å². The van der Waals surface area contributed by atoms with Crippen molar-refractivity contribution in [3.8, 4) is 0 Å². The predicted molar refractivity (Wildman–Crippen MR) is 67.6 cm³/mol. The Kier molecular flexibility index (Phi) is 3.20. The van der Waals surface area contributed by atoms with E-state index in [0.717, 1.165) is 30.5 Å². The molecule has 1 saturated heterocycles. The van der Waals surface area contributed by atoms with Gasteiger partial charge in [0.15, 0.2) is 0 Å². The van der Waals surface area contributed by atoms with Gasteiger partial charge in [0.05, 0.1) is 6.10 Å². The Morgan fingerprint density at radius 2 is 1.62 bits per heavy atom. The molecule has 16 heavy (non-hydrogen) atoms. The van der Waals surface area contributed by atoms with Crippen molar-refractivity contribution in [3.05, 3.63) is 29.8 Å². The smallest absolute Gasteiger partial charge is 0.0761 e. The molecule has 0 radical (unpaired) electrons. The lowest BCUT2D eigenvalue weighted by Gasteiger charge is -2.19. The van der Waals surface area contributed by atoms with Crippen LogP contribution in [-0.2, 0) is 0 Å². The Balaban J connectivity index is 2.11. The summed E-state index contributed by atoms with van der Waals surface area (Å²) in [6.07, 6.45) is -0.370. The van der Waals surface area contributed by atoms with Gasteiger partial charge < -0.3 is 10.0 Å². The number of anilines is 1. The fraction of sp³-hybridized carbons (Fsp3) is 0.571. The molecule has 1 heterocycles. The second kappa shape index (κ2) is 4.46. The third-order valence-electron chi connectivity index (χ3n) is 3.73. The van der Waals surface area contributed by atoms with Crippen molar-refractivity contribution in [1.82, 2.24) is 0 Å². The summed E-state index contributed by atoms with van der Waals surface area (Å²) < 4.78 is 0. The van der Waals surface area contributed by atoms with Crippen molar-refractivity contribution < 1.29 is 5.11 Å². The highest BCUT2D eigenvalue weighted by Crippen LogP contribution is 2.28. The number of benzene rings is 1. The fourth-order valence-corrected chi connectivity index (χ4v) is 2.30. The molecule has 1 fully saturated rings. The first-order valence-electron chi connectivity index (χ1n) is 6.11. The average molecular weight is 219 g/mol. The van der Waals surface area contributed by atoms with Crippen LogP contribution in [0.5, 0.6) is 0 Å². The molecule has 2 heteroatoms. The summed E-state index contributed by atoms with van der Waals surface area (Å²) in [6.45, 7) is 8.73. The number of rotatable bonds is 2. The summed E-state index contributed by atoms with van der Waals surface area (Å²) in [4.78, 5) is 2.43. The van der Waals surface area contributed by atoms with Crippen LogP contribution in [0.4, 0.5) is 5.69 Å². The summed E-state index contributed by atoms with van der Waals surface area (Å²) in [5.41, 5.74) is 2.27. The van der Waals surface area contributed by atoms with E-state index in [1.165, 1.54) is 5.69 Å². The van der Waals surface area contributed by atoms with Gasteiger partial charge in [-0.1, -0.05) is 26.0 Å². The van der Waals surface area contributed by atoms with E-state index in [4.69, 9.17) is 0 Å². The van der Waals surface area contributed by atoms with E-state index >= 15 is 0 Å². The van der Waals surface area contributed by atoms with Crippen molar-refractivity contribution in [2.75, 3.05) is 18.0 Å². The molecule has 0 aliphatic carbocycles. The van der Waals surface area contributed by atoms with Crippen molar-refractivity contribution in [2.24, 2.45) is 11.8 Å². The van der Waals surface area contributed by atoms with Crippen molar-refractivity contribution in [3.63, 3.8) is 0 Å². The minimum atomic E-state index is -0.370. The molecule has 2 rings (SSSR count). The number of hydrogen-bond acceptors (Lipinski definition) is 2. The maximum absolute atomic E-state index is 9.45. The third-order valence-corrected chi connectivity index (χ3v) is 3.73. The molecule has 2 unspecified atom stereocenters. The van der Waals surface area contributed by atoms with Crippen LogP contribution in [0, 0.1) is 11.8 Å². The zero-order chi connectivity index (χ0) is 11.7. The first-order valence-corrected chi connectivity index (χ1v) is 6.11. The van der Waals surface area contributed by atoms with Crippen LogP contribution in [0.1, 0.15) is 32.4 Å². The zero-order valence-electron chi connectivity index (χ0n) is 10.4. The maximum Gasteiger partial charge on any atom is 0.0761 e.